The van der Waals surface area contributed by atoms with Crippen LogP contribution in [-0.2, 0) is 4.79 Å². The average molecular weight is 394 g/mol. The average Bonchev–Trinajstić information content (AvgIpc) is 2.87. The Hall–Kier alpha value is -3.13. The van der Waals surface area contributed by atoms with E-state index in [9.17, 15) is 4.79 Å². The molecule has 0 fully saturated rings. The van der Waals surface area contributed by atoms with Crippen molar-refractivity contribution in [1.82, 2.24) is 15.2 Å². The van der Waals surface area contributed by atoms with E-state index in [0.29, 0.717) is 28.2 Å². The van der Waals surface area contributed by atoms with Crippen molar-refractivity contribution in [2.24, 2.45) is 0 Å². The lowest BCUT2D eigenvalue weighted by atomic mass is 10.1. The molecule has 0 aliphatic carbocycles. The molecule has 0 saturated carbocycles. The molecule has 1 amide bonds. The van der Waals surface area contributed by atoms with Gasteiger partial charge in [0.05, 0.1) is 12.8 Å². The Bertz CT molecular complexity index is 1040. The highest BCUT2D eigenvalue weighted by Gasteiger charge is 2.34. The lowest BCUT2D eigenvalue weighted by Gasteiger charge is -2.30. The molecule has 0 spiro atoms. The van der Waals surface area contributed by atoms with E-state index < -0.39 is 6.23 Å². The quantitative estimate of drug-likeness (QED) is 0.627. The van der Waals surface area contributed by atoms with Gasteiger partial charge in [0.15, 0.2) is 5.69 Å². The second-order valence-electron chi connectivity index (χ2n) is 6.11. The number of para-hydroxylation sites is 1. The maximum atomic E-state index is 12.7. The standard InChI is InChI=1S/C20H18N4O3S/c1-12(25)24-16-10-5-4-9-15(16)17-18(21-20(28-3)23-22-17)27-19(24)13-7-6-8-14(11-13)26-2/h4-11,19H,1-3H3. The van der Waals surface area contributed by atoms with Crippen LogP contribution in [0.3, 0.4) is 0 Å². The smallest absolute Gasteiger partial charge is 0.247 e. The second kappa shape index (κ2) is 7.47. The number of carbonyl (C=O) groups is 1. The van der Waals surface area contributed by atoms with Crippen molar-refractivity contribution in [2.45, 2.75) is 18.3 Å². The Labute approximate surface area is 166 Å². The number of aromatic nitrogens is 3. The minimum atomic E-state index is -0.721. The van der Waals surface area contributed by atoms with Gasteiger partial charge < -0.3 is 9.47 Å². The van der Waals surface area contributed by atoms with Crippen LogP contribution in [0.4, 0.5) is 5.69 Å². The van der Waals surface area contributed by atoms with Crippen LogP contribution >= 0.6 is 11.8 Å². The number of nitrogens with zero attached hydrogens (tertiary/aromatic N) is 4. The van der Waals surface area contributed by atoms with Crippen molar-refractivity contribution in [3.63, 3.8) is 0 Å². The number of fused-ring (bicyclic) bond motifs is 3. The molecule has 7 nitrogen and oxygen atoms in total. The minimum absolute atomic E-state index is 0.161. The van der Waals surface area contributed by atoms with E-state index in [1.165, 1.54) is 18.7 Å². The molecule has 1 atom stereocenters. The van der Waals surface area contributed by atoms with Crippen LogP contribution in [0.5, 0.6) is 11.6 Å². The summed E-state index contributed by atoms with van der Waals surface area (Å²) in [4.78, 5) is 18.8. The van der Waals surface area contributed by atoms with Crippen molar-refractivity contribution in [3.05, 3.63) is 54.1 Å². The number of thioether (sulfide) groups is 1. The number of carbonyl (C=O) groups excluding carboxylic acids is 1. The van der Waals surface area contributed by atoms with Crippen LogP contribution in [0.25, 0.3) is 11.3 Å². The van der Waals surface area contributed by atoms with Gasteiger partial charge in [0.1, 0.15) is 5.75 Å². The van der Waals surface area contributed by atoms with Gasteiger partial charge in [0, 0.05) is 18.1 Å². The number of rotatable bonds is 3. The molecule has 1 unspecified atom stereocenters. The summed E-state index contributed by atoms with van der Waals surface area (Å²) in [6.07, 6.45) is 1.15. The Kier molecular flexibility index (Phi) is 4.87. The zero-order valence-corrected chi connectivity index (χ0v) is 16.4. The summed E-state index contributed by atoms with van der Waals surface area (Å²) < 4.78 is 11.6. The van der Waals surface area contributed by atoms with Gasteiger partial charge in [-0.3, -0.25) is 9.69 Å². The summed E-state index contributed by atoms with van der Waals surface area (Å²) in [7, 11) is 1.60. The first-order valence-corrected chi connectivity index (χ1v) is 9.83. The molecule has 0 bridgehead atoms. The largest absolute Gasteiger partial charge is 0.497 e. The second-order valence-corrected chi connectivity index (χ2v) is 6.88. The highest BCUT2D eigenvalue weighted by Crippen LogP contribution is 2.43. The molecule has 3 aromatic rings. The van der Waals surface area contributed by atoms with Crippen LogP contribution in [0.2, 0.25) is 0 Å². The first-order valence-electron chi connectivity index (χ1n) is 8.61. The molecule has 2 heterocycles. The zero-order chi connectivity index (χ0) is 19.7. The summed E-state index contributed by atoms with van der Waals surface area (Å²) in [5, 5.41) is 8.97. The minimum Gasteiger partial charge on any atom is -0.497 e. The molecular formula is C20H18N4O3S. The van der Waals surface area contributed by atoms with E-state index in [1.54, 1.807) is 12.0 Å². The Morgan fingerprint density at radius 2 is 2.00 bits per heavy atom. The van der Waals surface area contributed by atoms with E-state index in [1.807, 2.05) is 54.8 Å². The fraction of sp³-hybridized carbons (Fsp3) is 0.200. The number of amides is 1. The van der Waals surface area contributed by atoms with Crippen LogP contribution < -0.4 is 14.4 Å². The first kappa shape index (κ1) is 18.2. The van der Waals surface area contributed by atoms with Gasteiger partial charge in [0.2, 0.25) is 23.2 Å². The van der Waals surface area contributed by atoms with Gasteiger partial charge in [0.25, 0.3) is 0 Å². The summed E-state index contributed by atoms with van der Waals surface area (Å²) in [6.45, 7) is 1.51. The molecule has 1 aromatic heterocycles. The highest BCUT2D eigenvalue weighted by atomic mass is 32.2. The molecule has 1 aliphatic heterocycles. The summed E-state index contributed by atoms with van der Waals surface area (Å²) in [5.74, 6) is 0.850. The van der Waals surface area contributed by atoms with Gasteiger partial charge in [-0.05, 0) is 24.5 Å². The van der Waals surface area contributed by atoms with E-state index in [-0.39, 0.29) is 5.91 Å². The maximum absolute atomic E-state index is 12.7. The van der Waals surface area contributed by atoms with Crippen molar-refractivity contribution in [3.8, 4) is 22.9 Å². The van der Waals surface area contributed by atoms with Gasteiger partial charge >= 0.3 is 0 Å². The van der Waals surface area contributed by atoms with E-state index in [4.69, 9.17) is 9.47 Å². The molecule has 2 aromatic carbocycles. The van der Waals surface area contributed by atoms with Crippen LogP contribution in [0.15, 0.2) is 53.7 Å². The maximum Gasteiger partial charge on any atom is 0.247 e. The van der Waals surface area contributed by atoms with Gasteiger partial charge in [-0.25, -0.2) is 0 Å². The van der Waals surface area contributed by atoms with E-state index in [0.717, 1.165) is 11.1 Å². The number of methoxy groups -OCH3 is 1. The third-order valence-corrected chi connectivity index (χ3v) is 4.95. The lowest BCUT2D eigenvalue weighted by Crippen LogP contribution is -2.36. The SMILES string of the molecule is COc1cccc(C2Oc3nc(SC)nnc3-c3ccccc3N2C(C)=O)c1. The summed E-state index contributed by atoms with van der Waals surface area (Å²) in [6, 6.07) is 15.0. The van der Waals surface area contributed by atoms with E-state index >= 15 is 0 Å². The number of anilines is 1. The number of hydrogen-bond acceptors (Lipinski definition) is 7. The number of ether oxygens (including phenoxy) is 2. The molecule has 28 heavy (non-hydrogen) atoms. The monoisotopic (exact) mass is 394 g/mol. The Morgan fingerprint density at radius 1 is 1.18 bits per heavy atom. The van der Waals surface area contributed by atoms with Crippen molar-refractivity contribution >= 4 is 23.4 Å². The van der Waals surface area contributed by atoms with Gasteiger partial charge in [-0.1, -0.05) is 42.1 Å². The van der Waals surface area contributed by atoms with Crippen LogP contribution in [-0.4, -0.2) is 34.5 Å². The lowest BCUT2D eigenvalue weighted by molar-refractivity contribution is -0.118. The predicted molar refractivity (Wildman–Crippen MR) is 107 cm³/mol. The first-order chi connectivity index (χ1) is 13.6. The predicted octanol–water partition coefficient (Wildman–Crippen LogP) is 3.71. The van der Waals surface area contributed by atoms with Crippen molar-refractivity contribution in [2.75, 3.05) is 18.3 Å². The molecule has 8 heteroatoms. The zero-order valence-electron chi connectivity index (χ0n) is 15.6. The van der Waals surface area contributed by atoms with Gasteiger partial charge in [-0.2, -0.15) is 4.98 Å². The summed E-state index contributed by atoms with van der Waals surface area (Å²) in [5.41, 5.74) is 2.70. The van der Waals surface area contributed by atoms with E-state index in [2.05, 4.69) is 15.2 Å². The highest BCUT2D eigenvalue weighted by molar-refractivity contribution is 7.98. The van der Waals surface area contributed by atoms with Crippen LogP contribution in [0, 0.1) is 0 Å². The fourth-order valence-electron chi connectivity index (χ4n) is 3.15. The normalized spacial score (nSPS) is 15.1. The summed E-state index contributed by atoms with van der Waals surface area (Å²) >= 11 is 1.37. The Morgan fingerprint density at radius 3 is 2.75 bits per heavy atom. The molecule has 4 rings (SSSR count). The molecule has 0 radical (unpaired) electrons. The third-order valence-electron chi connectivity index (χ3n) is 4.41. The molecule has 0 N–H and O–H groups in total. The van der Waals surface area contributed by atoms with Crippen LogP contribution in [0.1, 0.15) is 18.7 Å². The fourth-order valence-corrected chi connectivity index (χ4v) is 3.45. The molecule has 142 valence electrons. The molecular weight excluding hydrogens is 376 g/mol. The number of hydrogen-bond donors (Lipinski definition) is 0. The van der Waals surface area contributed by atoms with Crippen molar-refractivity contribution < 1.29 is 14.3 Å². The topological polar surface area (TPSA) is 77.4 Å². The Balaban J connectivity index is 1.96. The van der Waals surface area contributed by atoms with Crippen molar-refractivity contribution in [1.29, 1.82) is 0 Å². The molecule has 1 aliphatic rings. The van der Waals surface area contributed by atoms with Gasteiger partial charge in [-0.15, -0.1) is 10.2 Å². The number of benzene rings is 2. The third kappa shape index (κ3) is 3.16. The molecule has 0 saturated heterocycles.